The second-order valence-corrected chi connectivity index (χ2v) is 6.74. The third-order valence-electron chi connectivity index (χ3n) is 2.96. The van der Waals surface area contributed by atoms with Gasteiger partial charge in [-0.05, 0) is 44.7 Å². The Morgan fingerprint density at radius 1 is 1.35 bits per heavy atom. The summed E-state index contributed by atoms with van der Waals surface area (Å²) < 4.78 is 12.8. The van der Waals surface area contributed by atoms with Crippen LogP contribution in [0.4, 0.5) is 4.39 Å². The van der Waals surface area contributed by atoms with E-state index >= 15 is 0 Å². The summed E-state index contributed by atoms with van der Waals surface area (Å²) in [6, 6.07) is 6.95. The molecule has 1 unspecified atom stereocenters. The van der Waals surface area contributed by atoms with E-state index < -0.39 is 0 Å². The lowest BCUT2D eigenvalue weighted by molar-refractivity contribution is 0.603. The summed E-state index contributed by atoms with van der Waals surface area (Å²) in [4.78, 5) is 7.01. The zero-order chi connectivity index (χ0) is 14.5. The molecule has 0 amide bonds. The van der Waals surface area contributed by atoms with Crippen LogP contribution in [-0.4, -0.2) is 11.5 Å². The molecule has 0 aliphatic carbocycles. The van der Waals surface area contributed by atoms with Crippen molar-refractivity contribution in [1.82, 2.24) is 10.3 Å². The van der Waals surface area contributed by atoms with Gasteiger partial charge in [0.15, 0.2) is 0 Å². The summed E-state index contributed by atoms with van der Waals surface area (Å²) in [5, 5.41) is 4.54. The number of hydrogen-bond acceptors (Lipinski definition) is 4. The van der Waals surface area contributed by atoms with E-state index in [0.717, 1.165) is 27.9 Å². The van der Waals surface area contributed by atoms with E-state index in [1.54, 1.807) is 23.1 Å². The van der Waals surface area contributed by atoms with Crippen molar-refractivity contribution in [3.8, 4) is 0 Å². The van der Waals surface area contributed by atoms with Gasteiger partial charge in [0.05, 0.1) is 11.4 Å². The Hall–Kier alpha value is -0.910. The van der Waals surface area contributed by atoms with Gasteiger partial charge in [0, 0.05) is 15.8 Å². The summed E-state index contributed by atoms with van der Waals surface area (Å²) in [6.45, 7) is 7.29. The molecule has 0 aliphatic rings. The van der Waals surface area contributed by atoms with Crippen molar-refractivity contribution in [3.63, 3.8) is 0 Å². The number of nitrogens with zero attached hydrogens (tertiary/aromatic N) is 1. The van der Waals surface area contributed by atoms with Gasteiger partial charge in [-0.25, -0.2) is 9.37 Å². The molecule has 2 rings (SSSR count). The molecule has 0 radical (unpaired) electrons. The number of rotatable bonds is 6. The molecule has 108 valence electrons. The van der Waals surface area contributed by atoms with Gasteiger partial charge in [-0.3, -0.25) is 0 Å². The average molecular weight is 310 g/mol. The topological polar surface area (TPSA) is 24.9 Å². The maximum atomic E-state index is 12.8. The van der Waals surface area contributed by atoms with Gasteiger partial charge in [-0.2, -0.15) is 0 Å². The van der Waals surface area contributed by atoms with Crippen LogP contribution in [0.5, 0.6) is 0 Å². The highest BCUT2D eigenvalue weighted by molar-refractivity contribution is 7.98. The number of aromatic nitrogens is 1. The standard InChI is InChI=1S/C15H19FN2S2/c1-4-17-10(2)15-11(3)18-14(20-15)9-19-13-7-5-12(16)6-8-13/h5-8,10,17H,4,9H2,1-3H3. The predicted octanol–water partition coefficient (Wildman–Crippen LogP) is 4.55. The van der Waals surface area contributed by atoms with Crippen LogP contribution in [0.1, 0.15) is 35.5 Å². The van der Waals surface area contributed by atoms with Crippen molar-refractivity contribution in [3.05, 3.63) is 45.7 Å². The Bertz CT molecular complexity index is 552. The highest BCUT2D eigenvalue weighted by Crippen LogP contribution is 2.29. The Labute approximate surface area is 127 Å². The summed E-state index contributed by atoms with van der Waals surface area (Å²) in [6.07, 6.45) is 0. The van der Waals surface area contributed by atoms with Gasteiger partial charge in [-0.15, -0.1) is 23.1 Å². The van der Waals surface area contributed by atoms with Crippen LogP contribution in [0.15, 0.2) is 29.2 Å². The van der Waals surface area contributed by atoms with E-state index in [1.165, 1.54) is 17.0 Å². The number of nitrogens with one attached hydrogen (secondary N) is 1. The number of thioether (sulfide) groups is 1. The van der Waals surface area contributed by atoms with Crippen LogP contribution in [-0.2, 0) is 5.75 Å². The SMILES string of the molecule is CCNC(C)c1sc(CSc2ccc(F)cc2)nc1C. The zero-order valence-electron chi connectivity index (χ0n) is 11.9. The van der Waals surface area contributed by atoms with E-state index in [9.17, 15) is 4.39 Å². The largest absolute Gasteiger partial charge is 0.310 e. The maximum absolute atomic E-state index is 12.8. The lowest BCUT2D eigenvalue weighted by Gasteiger charge is -2.09. The second-order valence-electron chi connectivity index (χ2n) is 4.58. The van der Waals surface area contributed by atoms with Crippen molar-refractivity contribution in [2.45, 2.75) is 37.5 Å². The normalized spacial score (nSPS) is 12.6. The van der Waals surface area contributed by atoms with Crippen molar-refractivity contribution >= 4 is 23.1 Å². The quantitative estimate of drug-likeness (QED) is 0.792. The van der Waals surface area contributed by atoms with Crippen LogP contribution in [0.2, 0.25) is 0 Å². The minimum absolute atomic E-state index is 0.193. The third kappa shape index (κ3) is 4.04. The van der Waals surface area contributed by atoms with E-state index in [0.29, 0.717) is 6.04 Å². The fraction of sp³-hybridized carbons (Fsp3) is 0.400. The fourth-order valence-corrected chi connectivity index (χ4v) is 3.99. The lowest BCUT2D eigenvalue weighted by Crippen LogP contribution is -2.17. The minimum Gasteiger partial charge on any atom is -0.310 e. The zero-order valence-corrected chi connectivity index (χ0v) is 13.6. The van der Waals surface area contributed by atoms with Crippen LogP contribution < -0.4 is 5.32 Å². The molecule has 1 heterocycles. The molecule has 1 aromatic carbocycles. The Kier molecular flexibility index (Phi) is 5.57. The highest BCUT2D eigenvalue weighted by atomic mass is 32.2. The Morgan fingerprint density at radius 2 is 2.05 bits per heavy atom. The summed E-state index contributed by atoms with van der Waals surface area (Å²) in [5.41, 5.74) is 1.11. The molecule has 0 saturated carbocycles. The van der Waals surface area contributed by atoms with Crippen LogP contribution in [0.3, 0.4) is 0 Å². The smallest absolute Gasteiger partial charge is 0.123 e. The number of halogens is 1. The van der Waals surface area contributed by atoms with Crippen molar-refractivity contribution < 1.29 is 4.39 Å². The molecule has 0 aliphatic heterocycles. The van der Waals surface area contributed by atoms with E-state index in [1.807, 2.05) is 12.1 Å². The Balaban J connectivity index is 2.00. The molecular formula is C15H19FN2S2. The third-order valence-corrected chi connectivity index (χ3v) is 5.50. The molecule has 2 aromatic rings. The number of thiazole rings is 1. The van der Waals surface area contributed by atoms with Gasteiger partial charge in [-0.1, -0.05) is 6.92 Å². The molecule has 0 saturated heterocycles. The summed E-state index contributed by atoms with van der Waals surface area (Å²) >= 11 is 3.45. The van der Waals surface area contributed by atoms with E-state index in [-0.39, 0.29) is 5.82 Å². The van der Waals surface area contributed by atoms with E-state index in [2.05, 4.69) is 31.1 Å². The fourth-order valence-electron chi connectivity index (χ4n) is 2.00. The molecule has 0 spiro atoms. The first-order valence-electron chi connectivity index (χ1n) is 6.68. The maximum Gasteiger partial charge on any atom is 0.123 e. The van der Waals surface area contributed by atoms with Gasteiger partial charge >= 0.3 is 0 Å². The summed E-state index contributed by atoms with van der Waals surface area (Å²) in [7, 11) is 0. The molecule has 2 nitrogen and oxygen atoms in total. The second kappa shape index (κ2) is 7.20. The monoisotopic (exact) mass is 310 g/mol. The first-order chi connectivity index (χ1) is 9.60. The molecule has 1 atom stereocenters. The van der Waals surface area contributed by atoms with Gasteiger partial charge in [0.25, 0.3) is 0 Å². The molecule has 0 fully saturated rings. The van der Waals surface area contributed by atoms with Crippen LogP contribution >= 0.6 is 23.1 Å². The van der Waals surface area contributed by atoms with Crippen LogP contribution in [0, 0.1) is 12.7 Å². The van der Waals surface area contributed by atoms with Gasteiger partial charge < -0.3 is 5.32 Å². The highest BCUT2D eigenvalue weighted by Gasteiger charge is 2.13. The van der Waals surface area contributed by atoms with Gasteiger partial charge in [0.2, 0.25) is 0 Å². The predicted molar refractivity (Wildman–Crippen MR) is 84.9 cm³/mol. The summed E-state index contributed by atoms with van der Waals surface area (Å²) in [5.74, 6) is 0.636. The van der Waals surface area contributed by atoms with E-state index in [4.69, 9.17) is 0 Å². The Morgan fingerprint density at radius 3 is 2.70 bits per heavy atom. The van der Waals surface area contributed by atoms with Gasteiger partial charge in [0.1, 0.15) is 10.8 Å². The number of aryl methyl sites for hydroxylation is 1. The first kappa shape index (κ1) is 15.5. The molecular weight excluding hydrogens is 291 g/mol. The molecule has 1 aromatic heterocycles. The van der Waals surface area contributed by atoms with Crippen molar-refractivity contribution in [2.75, 3.05) is 6.54 Å². The molecule has 1 N–H and O–H groups in total. The van der Waals surface area contributed by atoms with Crippen molar-refractivity contribution in [2.24, 2.45) is 0 Å². The minimum atomic E-state index is -0.193. The van der Waals surface area contributed by atoms with Crippen LogP contribution in [0.25, 0.3) is 0 Å². The molecule has 5 heteroatoms. The molecule has 20 heavy (non-hydrogen) atoms. The van der Waals surface area contributed by atoms with Crippen molar-refractivity contribution in [1.29, 1.82) is 0 Å². The lowest BCUT2D eigenvalue weighted by atomic mass is 10.2. The molecule has 0 bridgehead atoms. The number of hydrogen-bond donors (Lipinski definition) is 1. The average Bonchev–Trinajstić information content (AvgIpc) is 2.80. The first-order valence-corrected chi connectivity index (χ1v) is 8.48. The number of benzene rings is 1.